The number of anilines is 3. The fourth-order valence-electron chi connectivity index (χ4n) is 6.30. The van der Waals surface area contributed by atoms with Gasteiger partial charge in [0, 0.05) is 65.8 Å². The number of rotatable bonds is 8. The predicted molar refractivity (Wildman–Crippen MR) is 172 cm³/mol. The number of methoxy groups -OCH3 is 2. The Morgan fingerprint density at radius 1 is 0.756 bits per heavy atom. The molecule has 2 N–H and O–H groups in total. The fourth-order valence-corrected chi connectivity index (χ4v) is 6.30. The molecule has 0 saturated carbocycles. The molecular weight excluding hydrogens is 572 g/mol. The van der Waals surface area contributed by atoms with E-state index in [9.17, 15) is 19.2 Å². The lowest BCUT2D eigenvalue weighted by Crippen LogP contribution is -2.47. The first-order valence-electron chi connectivity index (χ1n) is 14.8. The minimum Gasteiger partial charge on any atom is -0.497 e. The standard InChI is InChI=1S/C35H34N4O6/c1-21(40)23-6-4-7-27(13-23)36-34(42)24-10-11-32(30(16-24)37-35(43)25-14-28(44-2)17-29(15-25)45-3)38-18-22-12-26(20-38)31-8-5-9-33(41)39(31)19-22/h4-11,13-17,22,26H,12,18-20H2,1-3H3,(H,36,42)(H,37,43). The maximum Gasteiger partial charge on any atom is 0.255 e. The topological polar surface area (TPSA) is 119 Å². The number of nitrogens with one attached hydrogen (secondary N) is 2. The van der Waals surface area contributed by atoms with Crippen molar-refractivity contribution in [2.45, 2.75) is 25.8 Å². The van der Waals surface area contributed by atoms with E-state index in [1.165, 1.54) is 21.1 Å². The summed E-state index contributed by atoms with van der Waals surface area (Å²) in [5.41, 5.74) is 3.92. The molecule has 0 radical (unpaired) electrons. The largest absolute Gasteiger partial charge is 0.497 e. The molecule has 0 aliphatic carbocycles. The lowest BCUT2D eigenvalue weighted by Gasteiger charge is -2.44. The van der Waals surface area contributed by atoms with Crippen LogP contribution in [0.1, 0.15) is 56.0 Å². The van der Waals surface area contributed by atoms with Crippen LogP contribution in [0.3, 0.4) is 0 Å². The Bertz CT molecular complexity index is 1840. The molecule has 4 aromatic rings. The molecule has 2 aliphatic heterocycles. The van der Waals surface area contributed by atoms with Crippen molar-refractivity contribution >= 4 is 34.7 Å². The van der Waals surface area contributed by atoms with Crippen LogP contribution < -0.4 is 30.6 Å². The van der Waals surface area contributed by atoms with Gasteiger partial charge in [-0.3, -0.25) is 19.2 Å². The third kappa shape index (κ3) is 6.17. The van der Waals surface area contributed by atoms with Crippen molar-refractivity contribution in [1.82, 2.24) is 4.57 Å². The maximum atomic E-state index is 13.6. The number of amides is 2. The van der Waals surface area contributed by atoms with Crippen molar-refractivity contribution < 1.29 is 23.9 Å². The Balaban J connectivity index is 1.34. The third-order valence-corrected chi connectivity index (χ3v) is 8.47. The van der Waals surface area contributed by atoms with Crippen molar-refractivity contribution in [3.8, 4) is 11.5 Å². The molecule has 3 heterocycles. The van der Waals surface area contributed by atoms with Gasteiger partial charge in [-0.2, -0.15) is 0 Å². The van der Waals surface area contributed by atoms with E-state index < -0.39 is 5.91 Å². The molecule has 2 aliphatic rings. The average molecular weight is 607 g/mol. The van der Waals surface area contributed by atoms with E-state index in [1.807, 2.05) is 16.7 Å². The predicted octanol–water partition coefficient (Wildman–Crippen LogP) is 5.20. The third-order valence-electron chi connectivity index (χ3n) is 8.47. The Labute approximate surface area is 260 Å². The second-order valence-electron chi connectivity index (χ2n) is 11.5. The van der Waals surface area contributed by atoms with E-state index in [4.69, 9.17) is 9.47 Å². The summed E-state index contributed by atoms with van der Waals surface area (Å²) < 4.78 is 12.6. The average Bonchev–Trinajstić information content (AvgIpc) is 3.05. The number of fused-ring (bicyclic) bond motifs is 4. The van der Waals surface area contributed by atoms with E-state index in [2.05, 4.69) is 15.5 Å². The molecule has 2 amide bonds. The van der Waals surface area contributed by atoms with Crippen LogP contribution in [0.15, 0.2) is 83.7 Å². The number of carbonyl (C=O) groups is 3. The Morgan fingerprint density at radius 3 is 2.22 bits per heavy atom. The summed E-state index contributed by atoms with van der Waals surface area (Å²) in [6.45, 7) is 3.45. The van der Waals surface area contributed by atoms with Gasteiger partial charge in [-0.05, 0) is 67.8 Å². The van der Waals surface area contributed by atoms with Crippen molar-refractivity contribution in [2.75, 3.05) is 42.8 Å². The highest BCUT2D eigenvalue weighted by atomic mass is 16.5. The van der Waals surface area contributed by atoms with Gasteiger partial charge in [0.05, 0.1) is 25.6 Å². The van der Waals surface area contributed by atoms with E-state index in [0.29, 0.717) is 59.2 Å². The molecular formula is C35H34N4O6. The highest BCUT2D eigenvalue weighted by Crippen LogP contribution is 2.39. The Hall–Kier alpha value is -5.38. The number of ketones is 1. The molecule has 2 bridgehead atoms. The van der Waals surface area contributed by atoms with Gasteiger partial charge in [0.2, 0.25) is 0 Å². The number of hydrogen-bond donors (Lipinski definition) is 2. The first kappa shape index (κ1) is 29.7. The lowest BCUT2D eigenvalue weighted by atomic mass is 9.83. The fraction of sp³-hybridized carbons (Fsp3) is 0.257. The van der Waals surface area contributed by atoms with Crippen LogP contribution in [-0.4, -0.2) is 49.5 Å². The van der Waals surface area contributed by atoms with Crippen molar-refractivity contribution in [3.63, 3.8) is 0 Å². The van der Waals surface area contributed by atoms with Crippen molar-refractivity contribution in [1.29, 1.82) is 0 Å². The highest BCUT2D eigenvalue weighted by molar-refractivity contribution is 6.09. The highest BCUT2D eigenvalue weighted by Gasteiger charge is 2.35. The Kier molecular flexibility index (Phi) is 8.12. The number of hydrogen-bond acceptors (Lipinski definition) is 7. The summed E-state index contributed by atoms with van der Waals surface area (Å²) in [6, 6.07) is 22.3. The van der Waals surface area contributed by atoms with Crippen LogP contribution >= 0.6 is 0 Å². The second-order valence-corrected chi connectivity index (χ2v) is 11.5. The molecule has 10 heteroatoms. The van der Waals surface area contributed by atoms with Gasteiger partial charge >= 0.3 is 0 Å². The molecule has 1 fully saturated rings. The minimum atomic E-state index is -0.394. The van der Waals surface area contributed by atoms with Gasteiger partial charge in [0.15, 0.2) is 5.78 Å². The van der Waals surface area contributed by atoms with Gasteiger partial charge in [-0.15, -0.1) is 0 Å². The quantitative estimate of drug-likeness (QED) is 0.265. The molecule has 10 nitrogen and oxygen atoms in total. The summed E-state index contributed by atoms with van der Waals surface area (Å²) >= 11 is 0. The molecule has 0 spiro atoms. The molecule has 2 unspecified atom stereocenters. The van der Waals surface area contributed by atoms with Gasteiger partial charge in [0.25, 0.3) is 17.4 Å². The molecule has 2 atom stereocenters. The number of carbonyl (C=O) groups excluding carboxylic acids is 3. The van der Waals surface area contributed by atoms with Crippen LogP contribution in [0.4, 0.5) is 17.1 Å². The van der Waals surface area contributed by atoms with Crippen LogP contribution in [0.2, 0.25) is 0 Å². The number of nitrogens with zero attached hydrogens (tertiary/aromatic N) is 2. The minimum absolute atomic E-state index is 0.0153. The maximum absolute atomic E-state index is 13.6. The zero-order valence-electron chi connectivity index (χ0n) is 25.3. The van der Waals surface area contributed by atoms with Crippen LogP contribution in [0.5, 0.6) is 11.5 Å². The summed E-state index contributed by atoms with van der Waals surface area (Å²) in [5, 5.41) is 5.89. The summed E-state index contributed by atoms with van der Waals surface area (Å²) in [4.78, 5) is 53.7. The molecule has 1 saturated heterocycles. The van der Waals surface area contributed by atoms with Gasteiger partial charge in [-0.1, -0.05) is 18.2 Å². The first-order valence-corrected chi connectivity index (χ1v) is 14.8. The summed E-state index contributed by atoms with van der Waals surface area (Å²) in [7, 11) is 3.03. The van der Waals surface area contributed by atoms with Gasteiger partial charge in [-0.25, -0.2) is 0 Å². The Morgan fingerprint density at radius 2 is 1.49 bits per heavy atom. The number of pyridine rings is 1. The molecule has 3 aromatic carbocycles. The van der Waals surface area contributed by atoms with E-state index in [1.54, 1.807) is 66.7 Å². The molecule has 230 valence electrons. The molecule has 1 aromatic heterocycles. The second kappa shape index (κ2) is 12.3. The van der Waals surface area contributed by atoms with Crippen LogP contribution in [-0.2, 0) is 6.54 Å². The summed E-state index contributed by atoms with van der Waals surface area (Å²) in [6.07, 6.45) is 0.977. The number of piperidine rings is 1. The zero-order valence-corrected chi connectivity index (χ0v) is 25.3. The van der Waals surface area contributed by atoms with E-state index in [0.717, 1.165) is 17.8 Å². The summed E-state index contributed by atoms with van der Waals surface area (Å²) in [5.74, 6) is 0.456. The van der Waals surface area contributed by atoms with Gasteiger partial charge in [0.1, 0.15) is 11.5 Å². The number of benzene rings is 3. The first-order chi connectivity index (χ1) is 21.7. The van der Waals surface area contributed by atoms with Crippen molar-refractivity contribution in [2.24, 2.45) is 5.92 Å². The smallest absolute Gasteiger partial charge is 0.255 e. The lowest BCUT2D eigenvalue weighted by molar-refractivity contribution is 0.101. The van der Waals surface area contributed by atoms with Crippen LogP contribution in [0.25, 0.3) is 0 Å². The number of Topliss-reactive ketones (excluding diaryl/α,β-unsaturated/α-hetero) is 1. The number of ether oxygens (including phenoxy) is 2. The van der Waals surface area contributed by atoms with Crippen LogP contribution in [0, 0.1) is 5.92 Å². The van der Waals surface area contributed by atoms with Crippen molar-refractivity contribution in [3.05, 3.63) is 112 Å². The van der Waals surface area contributed by atoms with Gasteiger partial charge < -0.3 is 29.6 Å². The van der Waals surface area contributed by atoms with E-state index >= 15 is 0 Å². The SMILES string of the molecule is COc1cc(OC)cc(C(=O)Nc2cc(C(=O)Nc3cccc(C(C)=O)c3)ccc2N2CC3CC(C2)c2cccc(=O)n2C3)c1. The monoisotopic (exact) mass is 606 g/mol. The molecule has 45 heavy (non-hydrogen) atoms. The van der Waals surface area contributed by atoms with E-state index in [-0.39, 0.29) is 29.1 Å². The zero-order chi connectivity index (χ0) is 31.7. The number of aromatic nitrogens is 1. The molecule has 6 rings (SSSR count). The normalized spacial score (nSPS) is 16.7.